The third-order valence-electron chi connectivity index (χ3n) is 5.19. The molecule has 164 valence electrons. The van der Waals surface area contributed by atoms with Crippen molar-refractivity contribution in [3.05, 3.63) is 53.6 Å². The first-order chi connectivity index (χ1) is 14.8. The molecule has 2 aromatic rings. The monoisotopic (exact) mass is 425 g/mol. The lowest BCUT2D eigenvalue weighted by atomic mass is 10.1. The lowest BCUT2D eigenvalue weighted by molar-refractivity contribution is -0.132. The first kappa shape index (κ1) is 22.1. The fraction of sp³-hybridized carbons (Fsp3) is 0.348. The number of amides is 3. The van der Waals surface area contributed by atoms with E-state index in [1.54, 1.807) is 38.1 Å². The van der Waals surface area contributed by atoms with Crippen LogP contribution in [0.5, 0.6) is 11.5 Å². The first-order valence-corrected chi connectivity index (χ1v) is 10.2. The highest BCUT2D eigenvalue weighted by Crippen LogP contribution is 2.33. The Morgan fingerprint density at radius 1 is 1.13 bits per heavy atom. The maximum Gasteiger partial charge on any atom is 0.279 e. The number of rotatable bonds is 6. The molecule has 3 rings (SSSR count). The van der Waals surface area contributed by atoms with Crippen LogP contribution in [0.15, 0.2) is 42.5 Å². The second-order valence-corrected chi connectivity index (χ2v) is 7.46. The molecule has 0 saturated heterocycles. The molecule has 1 heterocycles. The maximum absolute atomic E-state index is 12.5. The number of hydrogen-bond donors (Lipinski definition) is 2. The summed E-state index contributed by atoms with van der Waals surface area (Å²) in [5, 5.41) is 0. The molecular formula is C23H27N3O5. The first-order valence-electron chi connectivity index (χ1n) is 10.2. The van der Waals surface area contributed by atoms with Gasteiger partial charge in [-0.15, -0.1) is 0 Å². The van der Waals surface area contributed by atoms with E-state index in [4.69, 9.17) is 9.47 Å². The summed E-state index contributed by atoms with van der Waals surface area (Å²) in [5.74, 6) is 0.104. The molecular weight excluding hydrogens is 398 g/mol. The minimum Gasteiger partial charge on any atom is -0.481 e. The summed E-state index contributed by atoms with van der Waals surface area (Å²) in [4.78, 5) is 38.5. The minimum atomic E-state index is -0.797. The van der Waals surface area contributed by atoms with Gasteiger partial charge in [-0.05, 0) is 57.0 Å². The Bertz CT molecular complexity index is 991. The number of para-hydroxylation sites is 2. The van der Waals surface area contributed by atoms with E-state index in [9.17, 15) is 14.4 Å². The van der Waals surface area contributed by atoms with Gasteiger partial charge in [0, 0.05) is 13.0 Å². The van der Waals surface area contributed by atoms with Crippen LogP contribution >= 0.6 is 0 Å². The van der Waals surface area contributed by atoms with Crippen LogP contribution in [0.2, 0.25) is 0 Å². The number of benzene rings is 2. The number of hydrazine groups is 1. The van der Waals surface area contributed by atoms with Gasteiger partial charge in [0.1, 0.15) is 11.5 Å². The largest absolute Gasteiger partial charge is 0.481 e. The van der Waals surface area contributed by atoms with Gasteiger partial charge in [-0.3, -0.25) is 25.2 Å². The van der Waals surface area contributed by atoms with Gasteiger partial charge < -0.3 is 14.4 Å². The third-order valence-corrected chi connectivity index (χ3v) is 5.19. The zero-order valence-electron chi connectivity index (χ0n) is 18.1. The van der Waals surface area contributed by atoms with Crippen LogP contribution in [0.3, 0.4) is 0 Å². The number of ether oxygens (including phenoxy) is 2. The number of carbonyl (C=O) groups is 3. The molecule has 2 atom stereocenters. The van der Waals surface area contributed by atoms with Crippen LogP contribution in [0, 0.1) is 13.8 Å². The Morgan fingerprint density at radius 3 is 2.65 bits per heavy atom. The summed E-state index contributed by atoms with van der Waals surface area (Å²) in [7, 11) is 0. The highest BCUT2D eigenvalue weighted by Gasteiger charge is 2.31. The molecule has 31 heavy (non-hydrogen) atoms. The average Bonchev–Trinajstić information content (AvgIpc) is 2.75. The maximum atomic E-state index is 12.5. The Kier molecular flexibility index (Phi) is 6.79. The number of anilines is 1. The molecule has 0 aromatic heterocycles. The number of nitrogens with one attached hydrogen (secondary N) is 2. The van der Waals surface area contributed by atoms with E-state index < -0.39 is 24.0 Å². The summed E-state index contributed by atoms with van der Waals surface area (Å²) in [6.45, 7) is 7.32. The molecule has 0 fully saturated rings. The highest BCUT2D eigenvalue weighted by atomic mass is 16.5. The quantitative estimate of drug-likeness (QED) is 0.693. The van der Waals surface area contributed by atoms with Crippen LogP contribution < -0.4 is 25.2 Å². The topological polar surface area (TPSA) is 97.0 Å². The van der Waals surface area contributed by atoms with E-state index in [1.807, 2.05) is 32.0 Å². The van der Waals surface area contributed by atoms with E-state index >= 15 is 0 Å². The SMILES string of the molecule is Cc1cccc(O[C@@H](C)C(=O)NNC(=O)CCN2C(=O)[C@@H](C)Oc3ccccc32)c1C. The van der Waals surface area contributed by atoms with Crippen molar-refractivity contribution in [2.45, 2.75) is 46.3 Å². The molecule has 2 N–H and O–H groups in total. The number of fused-ring (bicyclic) bond motifs is 1. The Labute approximate surface area is 181 Å². The van der Waals surface area contributed by atoms with Gasteiger partial charge in [-0.25, -0.2) is 0 Å². The average molecular weight is 425 g/mol. The smallest absolute Gasteiger partial charge is 0.279 e. The lowest BCUT2D eigenvalue weighted by Crippen LogP contribution is -2.49. The molecule has 0 spiro atoms. The number of aryl methyl sites for hydroxylation is 1. The standard InChI is InChI=1S/C23H27N3O5/c1-14-8-7-11-19(15(14)2)30-16(3)22(28)25-24-21(27)12-13-26-18-9-5-6-10-20(18)31-17(4)23(26)29/h5-11,16-17H,12-13H2,1-4H3,(H,24,27)(H,25,28)/t16-,17+/m0/s1. The second kappa shape index (κ2) is 9.51. The van der Waals surface area contributed by atoms with Gasteiger partial charge in [0.15, 0.2) is 12.2 Å². The van der Waals surface area contributed by atoms with Gasteiger partial charge in [0.2, 0.25) is 5.91 Å². The van der Waals surface area contributed by atoms with Crippen molar-refractivity contribution in [1.29, 1.82) is 0 Å². The number of nitrogens with zero attached hydrogens (tertiary/aromatic N) is 1. The molecule has 2 aromatic carbocycles. The van der Waals surface area contributed by atoms with E-state index in [0.717, 1.165) is 11.1 Å². The molecule has 8 nitrogen and oxygen atoms in total. The number of carbonyl (C=O) groups excluding carboxylic acids is 3. The summed E-state index contributed by atoms with van der Waals surface area (Å²) >= 11 is 0. The molecule has 0 unspecified atom stereocenters. The van der Waals surface area contributed by atoms with Crippen LogP contribution in [0.4, 0.5) is 5.69 Å². The van der Waals surface area contributed by atoms with Gasteiger partial charge in [0.25, 0.3) is 11.8 Å². The predicted molar refractivity (Wildman–Crippen MR) is 116 cm³/mol. The van der Waals surface area contributed by atoms with E-state index in [-0.39, 0.29) is 18.9 Å². The zero-order chi connectivity index (χ0) is 22.5. The highest BCUT2D eigenvalue weighted by molar-refractivity contribution is 6.00. The third kappa shape index (κ3) is 5.14. The van der Waals surface area contributed by atoms with Crippen molar-refractivity contribution in [3.8, 4) is 11.5 Å². The van der Waals surface area contributed by atoms with Gasteiger partial charge >= 0.3 is 0 Å². The van der Waals surface area contributed by atoms with Crippen molar-refractivity contribution >= 4 is 23.4 Å². The summed E-state index contributed by atoms with van der Waals surface area (Å²) < 4.78 is 11.3. The van der Waals surface area contributed by atoms with E-state index in [0.29, 0.717) is 17.2 Å². The fourth-order valence-corrected chi connectivity index (χ4v) is 3.19. The molecule has 0 radical (unpaired) electrons. The Hall–Kier alpha value is -3.55. The molecule has 0 aliphatic carbocycles. The normalized spacial score (nSPS) is 16.1. The Balaban J connectivity index is 1.50. The van der Waals surface area contributed by atoms with Crippen molar-refractivity contribution < 1.29 is 23.9 Å². The minimum absolute atomic E-state index is 0.0132. The van der Waals surface area contributed by atoms with Crippen LogP contribution in [-0.2, 0) is 14.4 Å². The lowest BCUT2D eigenvalue weighted by Gasteiger charge is -2.32. The van der Waals surface area contributed by atoms with Crippen molar-refractivity contribution in [2.24, 2.45) is 0 Å². The van der Waals surface area contributed by atoms with Crippen LogP contribution in [0.1, 0.15) is 31.4 Å². The zero-order valence-corrected chi connectivity index (χ0v) is 18.1. The van der Waals surface area contributed by atoms with E-state index in [2.05, 4.69) is 10.9 Å². The summed E-state index contributed by atoms with van der Waals surface area (Å²) in [5.41, 5.74) is 7.39. The van der Waals surface area contributed by atoms with Crippen LogP contribution in [-0.4, -0.2) is 36.5 Å². The number of hydrogen-bond acceptors (Lipinski definition) is 5. The van der Waals surface area contributed by atoms with Crippen molar-refractivity contribution in [1.82, 2.24) is 10.9 Å². The molecule has 0 saturated carbocycles. The molecule has 3 amide bonds. The molecule has 8 heteroatoms. The molecule has 1 aliphatic rings. The molecule has 0 bridgehead atoms. The Morgan fingerprint density at radius 2 is 1.87 bits per heavy atom. The summed E-state index contributed by atoms with van der Waals surface area (Å²) in [6.07, 6.45) is -1.41. The van der Waals surface area contributed by atoms with Crippen molar-refractivity contribution in [3.63, 3.8) is 0 Å². The fourth-order valence-electron chi connectivity index (χ4n) is 3.19. The van der Waals surface area contributed by atoms with Gasteiger partial charge in [0.05, 0.1) is 5.69 Å². The van der Waals surface area contributed by atoms with Crippen LogP contribution in [0.25, 0.3) is 0 Å². The van der Waals surface area contributed by atoms with Crippen molar-refractivity contribution in [2.75, 3.05) is 11.4 Å². The van der Waals surface area contributed by atoms with E-state index in [1.165, 1.54) is 4.90 Å². The predicted octanol–water partition coefficient (Wildman–Crippen LogP) is 2.42. The van der Waals surface area contributed by atoms with Gasteiger partial charge in [-0.2, -0.15) is 0 Å². The second-order valence-electron chi connectivity index (χ2n) is 7.46. The van der Waals surface area contributed by atoms with Gasteiger partial charge in [-0.1, -0.05) is 24.3 Å². The molecule has 1 aliphatic heterocycles. The summed E-state index contributed by atoms with van der Waals surface area (Å²) in [6, 6.07) is 12.8.